The number of aliphatic hydroxyl groups excluding tert-OH is 1. The number of hydrogen-bond donors (Lipinski definition) is 1. The lowest BCUT2D eigenvalue weighted by molar-refractivity contribution is 0.0892. The molecule has 0 aliphatic carbocycles. The number of aliphatic hydroxyl groups is 1. The zero-order chi connectivity index (χ0) is 14.7. The first-order valence-corrected chi connectivity index (χ1v) is 7.15. The van der Waals surface area contributed by atoms with E-state index in [2.05, 4.69) is 28.9 Å². The van der Waals surface area contributed by atoms with Crippen LogP contribution in [-0.2, 0) is 0 Å². The van der Waals surface area contributed by atoms with Crippen LogP contribution in [0.3, 0.4) is 0 Å². The van der Waals surface area contributed by atoms with Crippen LogP contribution in [0.5, 0.6) is 0 Å². The molecule has 112 valence electrons. The van der Waals surface area contributed by atoms with Crippen LogP contribution in [0, 0.1) is 11.7 Å². The first-order chi connectivity index (χ1) is 9.47. The lowest BCUT2D eigenvalue weighted by Gasteiger charge is -2.25. The van der Waals surface area contributed by atoms with Crippen LogP contribution in [0.2, 0.25) is 0 Å². The molecule has 1 aromatic rings. The molecule has 5 heteroatoms. The lowest BCUT2D eigenvalue weighted by Crippen LogP contribution is -2.34. The average molecular weight is 281 g/mol. The monoisotopic (exact) mass is 281 g/mol. The number of nitrogens with zero attached hydrogens (tertiary/aromatic N) is 3. The second-order valence-corrected chi connectivity index (χ2v) is 5.99. The van der Waals surface area contributed by atoms with Crippen molar-refractivity contribution in [1.82, 2.24) is 14.8 Å². The van der Waals surface area contributed by atoms with E-state index in [1.54, 1.807) is 6.07 Å². The number of halogens is 1. The summed E-state index contributed by atoms with van der Waals surface area (Å²) >= 11 is 0. The Labute approximate surface area is 120 Å². The van der Waals surface area contributed by atoms with Gasteiger partial charge in [0, 0.05) is 25.0 Å². The van der Waals surface area contributed by atoms with Crippen molar-refractivity contribution in [3.8, 4) is 0 Å². The van der Waals surface area contributed by atoms with Crippen molar-refractivity contribution in [2.45, 2.75) is 25.5 Å². The molecule has 1 fully saturated rings. The molecule has 0 spiro atoms. The zero-order valence-corrected chi connectivity index (χ0v) is 12.5. The number of likely N-dealkylation sites (tertiary alicyclic amines) is 1. The van der Waals surface area contributed by atoms with Gasteiger partial charge in [-0.15, -0.1) is 0 Å². The Morgan fingerprint density at radius 3 is 2.80 bits per heavy atom. The van der Waals surface area contributed by atoms with E-state index in [1.807, 2.05) is 6.92 Å². The summed E-state index contributed by atoms with van der Waals surface area (Å²) < 4.78 is 12.8. The topological polar surface area (TPSA) is 39.6 Å². The van der Waals surface area contributed by atoms with Gasteiger partial charge in [-0.3, -0.25) is 4.98 Å². The Morgan fingerprint density at radius 1 is 1.50 bits per heavy atom. The molecule has 20 heavy (non-hydrogen) atoms. The largest absolute Gasteiger partial charge is 0.386 e. The van der Waals surface area contributed by atoms with Crippen LogP contribution in [0.4, 0.5) is 4.39 Å². The van der Waals surface area contributed by atoms with E-state index in [9.17, 15) is 9.50 Å². The van der Waals surface area contributed by atoms with E-state index in [-0.39, 0.29) is 11.7 Å². The Morgan fingerprint density at radius 2 is 2.25 bits per heavy atom. The summed E-state index contributed by atoms with van der Waals surface area (Å²) in [6.45, 7) is 4.96. The van der Waals surface area contributed by atoms with Gasteiger partial charge in [0.1, 0.15) is 5.82 Å². The second-order valence-electron chi connectivity index (χ2n) is 5.99. The molecule has 3 atom stereocenters. The Kier molecular flexibility index (Phi) is 5.07. The van der Waals surface area contributed by atoms with Crippen LogP contribution in [0.15, 0.2) is 18.3 Å². The van der Waals surface area contributed by atoms with Gasteiger partial charge in [-0.2, -0.15) is 0 Å². The minimum Gasteiger partial charge on any atom is -0.386 e. The number of likely N-dealkylation sites (N-methyl/N-ethyl adjacent to an activating group) is 1. The van der Waals surface area contributed by atoms with Crippen LogP contribution < -0.4 is 0 Å². The summed E-state index contributed by atoms with van der Waals surface area (Å²) in [7, 11) is 4.21. The molecule has 0 amide bonds. The average Bonchev–Trinajstić information content (AvgIpc) is 2.87. The molecule has 1 saturated heterocycles. The number of rotatable bonds is 5. The van der Waals surface area contributed by atoms with Crippen molar-refractivity contribution in [3.05, 3.63) is 29.8 Å². The van der Waals surface area contributed by atoms with Gasteiger partial charge >= 0.3 is 0 Å². The molecular weight excluding hydrogens is 257 g/mol. The minimum absolute atomic E-state index is 0.0777. The van der Waals surface area contributed by atoms with E-state index < -0.39 is 6.10 Å². The molecule has 4 nitrogen and oxygen atoms in total. The van der Waals surface area contributed by atoms with Crippen molar-refractivity contribution in [1.29, 1.82) is 0 Å². The molecule has 2 rings (SSSR count). The van der Waals surface area contributed by atoms with Gasteiger partial charge in [-0.1, -0.05) is 6.92 Å². The smallest absolute Gasteiger partial charge is 0.141 e. The van der Waals surface area contributed by atoms with Gasteiger partial charge in [0.2, 0.25) is 0 Å². The number of hydrogen-bond acceptors (Lipinski definition) is 4. The maximum atomic E-state index is 12.8. The summed E-state index contributed by atoms with van der Waals surface area (Å²) in [6, 6.07) is 3.50. The second kappa shape index (κ2) is 6.61. The van der Waals surface area contributed by atoms with E-state index in [0.717, 1.165) is 25.8 Å². The van der Waals surface area contributed by atoms with Gasteiger partial charge in [-0.25, -0.2) is 4.39 Å². The summed E-state index contributed by atoms with van der Waals surface area (Å²) in [6.07, 6.45) is 1.68. The van der Waals surface area contributed by atoms with E-state index >= 15 is 0 Å². The van der Waals surface area contributed by atoms with Gasteiger partial charge < -0.3 is 14.9 Å². The standard InChI is InChI=1S/C15H24FN3O/c1-11(9-19-7-6-13(10-19)18(2)3)15(20)14-5-4-12(16)8-17-14/h4-5,8,11,13,15,20H,6-7,9-10H2,1-3H3. The third kappa shape index (κ3) is 3.75. The van der Waals surface area contributed by atoms with Crippen LogP contribution >= 0.6 is 0 Å². The highest BCUT2D eigenvalue weighted by Gasteiger charge is 2.27. The Balaban J connectivity index is 1.88. The third-order valence-electron chi connectivity index (χ3n) is 4.12. The number of pyridine rings is 1. The van der Waals surface area contributed by atoms with Crippen molar-refractivity contribution < 1.29 is 9.50 Å². The predicted octanol–water partition coefficient (Wildman–Crippen LogP) is 1.53. The molecule has 1 aliphatic rings. The molecular formula is C15H24FN3O. The fourth-order valence-electron chi connectivity index (χ4n) is 2.76. The highest BCUT2D eigenvalue weighted by Crippen LogP contribution is 2.23. The fraction of sp³-hybridized carbons (Fsp3) is 0.667. The maximum absolute atomic E-state index is 12.8. The van der Waals surface area contributed by atoms with Crippen molar-refractivity contribution in [2.24, 2.45) is 5.92 Å². The van der Waals surface area contributed by atoms with Gasteiger partial charge in [-0.05, 0) is 39.2 Å². The van der Waals surface area contributed by atoms with Crippen LogP contribution in [-0.4, -0.2) is 59.7 Å². The molecule has 1 aromatic heterocycles. The van der Waals surface area contributed by atoms with Gasteiger partial charge in [0.05, 0.1) is 18.0 Å². The summed E-state index contributed by atoms with van der Waals surface area (Å²) in [4.78, 5) is 8.59. The molecule has 0 aromatic carbocycles. The summed E-state index contributed by atoms with van der Waals surface area (Å²) in [5, 5.41) is 10.3. The lowest BCUT2D eigenvalue weighted by atomic mass is 10.0. The molecule has 0 bridgehead atoms. The molecule has 2 heterocycles. The highest BCUT2D eigenvalue weighted by molar-refractivity contribution is 5.09. The summed E-state index contributed by atoms with van der Waals surface area (Å²) in [5.41, 5.74) is 0.544. The van der Waals surface area contributed by atoms with Crippen LogP contribution in [0.25, 0.3) is 0 Å². The van der Waals surface area contributed by atoms with E-state index in [0.29, 0.717) is 11.7 Å². The Bertz CT molecular complexity index is 424. The molecule has 0 radical (unpaired) electrons. The highest BCUT2D eigenvalue weighted by atomic mass is 19.1. The molecule has 3 unspecified atom stereocenters. The molecule has 0 saturated carbocycles. The minimum atomic E-state index is -0.644. The Hall–Kier alpha value is -1.04. The SMILES string of the molecule is CC(CN1CCC(N(C)C)C1)C(O)c1ccc(F)cn1. The third-order valence-corrected chi connectivity index (χ3v) is 4.12. The number of aromatic nitrogens is 1. The first kappa shape index (κ1) is 15.4. The summed E-state index contributed by atoms with van der Waals surface area (Å²) in [5.74, 6) is -0.296. The van der Waals surface area contributed by atoms with Crippen molar-refractivity contribution in [3.63, 3.8) is 0 Å². The van der Waals surface area contributed by atoms with Gasteiger partial charge in [0.25, 0.3) is 0 Å². The molecule has 1 aliphatic heterocycles. The molecule has 1 N–H and O–H groups in total. The van der Waals surface area contributed by atoms with Gasteiger partial charge in [0.15, 0.2) is 0 Å². The van der Waals surface area contributed by atoms with Crippen molar-refractivity contribution in [2.75, 3.05) is 33.7 Å². The van der Waals surface area contributed by atoms with Crippen molar-refractivity contribution >= 4 is 0 Å². The zero-order valence-electron chi connectivity index (χ0n) is 12.5. The predicted molar refractivity (Wildman–Crippen MR) is 76.9 cm³/mol. The van der Waals surface area contributed by atoms with E-state index in [4.69, 9.17) is 0 Å². The van der Waals surface area contributed by atoms with E-state index in [1.165, 1.54) is 12.5 Å². The maximum Gasteiger partial charge on any atom is 0.141 e. The fourth-order valence-corrected chi connectivity index (χ4v) is 2.76. The van der Waals surface area contributed by atoms with Crippen LogP contribution in [0.1, 0.15) is 25.1 Å². The quantitative estimate of drug-likeness (QED) is 0.888. The first-order valence-electron chi connectivity index (χ1n) is 7.15. The normalized spacial score (nSPS) is 23.2.